The van der Waals surface area contributed by atoms with E-state index < -0.39 is 0 Å². The van der Waals surface area contributed by atoms with Crippen LogP contribution in [0.15, 0.2) is 42.5 Å². The van der Waals surface area contributed by atoms with Gasteiger partial charge in [-0.05, 0) is 30.7 Å². The Bertz CT molecular complexity index is 723. The highest BCUT2D eigenvalue weighted by Gasteiger charge is 2.10. The average molecular weight is 290 g/mol. The van der Waals surface area contributed by atoms with E-state index in [9.17, 15) is 10.5 Å². The molecule has 0 aliphatic heterocycles. The zero-order valence-electron chi connectivity index (χ0n) is 12.7. The molecule has 0 heterocycles. The van der Waals surface area contributed by atoms with E-state index in [-0.39, 0.29) is 0 Å². The maximum Gasteiger partial charge on any atom is 0.119 e. The minimum atomic E-state index is 0.545. The van der Waals surface area contributed by atoms with Crippen LogP contribution in [0, 0.1) is 22.7 Å². The molecule has 2 aromatic carbocycles. The predicted molar refractivity (Wildman–Crippen MR) is 86.3 cm³/mol. The van der Waals surface area contributed by atoms with Crippen molar-refractivity contribution in [3.8, 4) is 29.0 Å². The molecule has 0 bridgehead atoms. The van der Waals surface area contributed by atoms with E-state index in [1.807, 2.05) is 30.3 Å². The lowest BCUT2D eigenvalue weighted by Crippen LogP contribution is -1.98. The van der Waals surface area contributed by atoms with Crippen LogP contribution in [0.2, 0.25) is 0 Å². The number of nitrogens with zero attached hydrogens (tertiary/aromatic N) is 2. The summed E-state index contributed by atoms with van der Waals surface area (Å²) in [6.45, 7) is 2.82. The van der Waals surface area contributed by atoms with Gasteiger partial charge >= 0.3 is 0 Å². The number of rotatable bonds is 6. The third-order valence-corrected chi connectivity index (χ3v) is 3.47. The number of hydrogen-bond acceptors (Lipinski definition) is 3. The molecule has 0 unspecified atom stereocenters. The topological polar surface area (TPSA) is 56.8 Å². The normalized spacial score (nSPS) is 9.77. The minimum Gasteiger partial charge on any atom is -0.494 e. The number of benzene rings is 2. The molecule has 110 valence electrons. The monoisotopic (exact) mass is 290 g/mol. The Morgan fingerprint density at radius 1 is 0.909 bits per heavy atom. The van der Waals surface area contributed by atoms with Gasteiger partial charge < -0.3 is 4.74 Å². The van der Waals surface area contributed by atoms with Gasteiger partial charge in [-0.2, -0.15) is 10.5 Å². The Balaban J connectivity index is 2.33. The van der Waals surface area contributed by atoms with Gasteiger partial charge in [-0.3, -0.25) is 0 Å². The van der Waals surface area contributed by atoms with E-state index in [4.69, 9.17) is 4.74 Å². The molecule has 0 fully saturated rings. The fourth-order valence-corrected chi connectivity index (χ4v) is 2.29. The van der Waals surface area contributed by atoms with Crippen molar-refractivity contribution in [1.29, 1.82) is 10.5 Å². The van der Waals surface area contributed by atoms with E-state index in [0.717, 1.165) is 36.1 Å². The van der Waals surface area contributed by atoms with Crippen molar-refractivity contribution in [3.63, 3.8) is 0 Å². The molecule has 3 heteroatoms. The van der Waals surface area contributed by atoms with Crippen LogP contribution in [0.3, 0.4) is 0 Å². The van der Waals surface area contributed by atoms with Gasteiger partial charge in [0.1, 0.15) is 5.75 Å². The van der Waals surface area contributed by atoms with Crippen molar-refractivity contribution in [2.75, 3.05) is 6.61 Å². The Kier molecular flexibility index (Phi) is 5.57. The quantitative estimate of drug-likeness (QED) is 0.727. The second kappa shape index (κ2) is 7.86. The lowest BCUT2D eigenvalue weighted by atomic mass is 9.96. The highest BCUT2D eigenvalue weighted by atomic mass is 16.5. The molecule has 2 aromatic rings. The molecule has 0 N–H and O–H groups in total. The summed E-state index contributed by atoms with van der Waals surface area (Å²) >= 11 is 0. The van der Waals surface area contributed by atoms with Crippen LogP contribution in [0.4, 0.5) is 0 Å². The van der Waals surface area contributed by atoms with Crippen LogP contribution in [-0.4, -0.2) is 6.61 Å². The Labute approximate surface area is 131 Å². The summed E-state index contributed by atoms with van der Waals surface area (Å²) in [6, 6.07) is 17.1. The van der Waals surface area contributed by atoms with Crippen LogP contribution >= 0.6 is 0 Å². The number of nitriles is 2. The van der Waals surface area contributed by atoms with Gasteiger partial charge in [0.15, 0.2) is 0 Å². The Morgan fingerprint density at radius 2 is 1.64 bits per heavy atom. The largest absolute Gasteiger partial charge is 0.494 e. The van der Waals surface area contributed by atoms with E-state index in [2.05, 4.69) is 19.1 Å². The van der Waals surface area contributed by atoms with Crippen LogP contribution in [0.25, 0.3) is 11.1 Å². The molecule has 0 saturated heterocycles. The van der Waals surface area contributed by atoms with Gasteiger partial charge in [0.25, 0.3) is 0 Å². The lowest BCUT2D eigenvalue weighted by molar-refractivity contribution is 0.306. The second-order valence-electron chi connectivity index (χ2n) is 5.03. The predicted octanol–water partition coefficient (Wildman–Crippen LogP) is 4.67. The van der Waals surface area contributed by atoms with E-state index in [0.29, 0.717) is 17.7 Å². The van der Waals surface area contributed by atoms with Crippen LogP contribution in [0.5, 0.6) is 5.75 Å². The van der Waals surface area contributed by atoms with Crippen LogP contribution in [0.1, 0.15) is 37.3 Å². The summed E-state index contributed by atoms with van der Waals surface area (Å²) < 4.78 is 5.75. The highest BCUT2D eigenvalue weighted by molar-refractivity contribution is 5.76. The first kappa shape index (κ1) is 15.6. The molecule has 0 aliphatic carbocycles. The van der Waals surface area contributed by atoms with Gasteiger partial charge in [-0.25, -0.2) is 0 Å². The SMILES string of the molecule is CCCCCOc1ccc(C#N)c(-c2ccccc2C#N)c1. The van der Waals surface area contributed by atoms with Gasteiger partial charge in [0, 0.05) is 11.1 Å². The Morgan fingerprint density at radius 3 is 2.36 bits per heavy atom. The second-order valence-corrected chi connectivity index (χ2v) is 5.03. The summed E-state index contributed by atoms with van der Waals surface area (Å²) in [7, 11) is 0. The molecule has 2 rings (SSSR count). The summed E-state index contributed by atoms with van der Waals surface area (Å²) in [6.07, 6.45) is 3.30. The molecule has 0 aliphatic rings. The first-order valence-electron chi connectivity index (χ1n) is 7.46. The van der Waals surface area contributed by atoms with Gasteiger partial charge in [0.2, 0.25) is 0 Å². The average Bonchev–Trinajstić information content (AvgIpc) is 2.58. The summed E-state index contributed by atoms with van der Waals surface area (Å²) in [4.78, 5) is 0. The van der Waals surface area contributed by atoms with Gasteiger partial charge in [0.05, 0.1) is 29.9 Å². The smallest absolute Gasteiger partial charge is 0.119 e. The molecular formula is C19H18N2O. The number of unbranched alkanes of at least 4 members (excludes halogenated alkanes) is 2. The molecule has 0 saturated carbocycles. The van der Waals surface area contributed by atoms with Crippen LogP contribution in [-0.2, 0) is 0 Å². The molecule has 0 radical (unpaired) electrons. The van der Waals surface area contributed by atoms with Crippen molar-refractivity contribution >= 4 is 0 Å². The molecule has 22 heavy (non-hydrogen) atoms. The van der Waals surface area contributed by atoms with Gasteiger partial charge in [-0.1, -0.05) is 38.0 Å². The van der Waals surface area contributed by atoms with Crippen molar-refractivity contribution in [3.05, 3.63) is 53.6 Å². The zero-order chi connectivity index (χ0) is 15.8. The fourth-order valence-electron chi connectivity index (χ4n) is 2.29. The molecule has 0 aromatic heterocycles. The molecule has 0 amide bonds. The molecule has 0 atom stereocenters. The van der Waals surface area contributed by atoms with E-state index in [1.54, 1.807) is 12.1 Å². The standard InChI is InChI=1S/C19H18N2O/c1-2-3-6-11-22-17-10-9-16(14-21)19(12-17)18-8-5-4-7-15(18)13-20/h4-5,7-10,12H,2-3,6,11H2,1H3. The summed E-state index contributed by atoms with van der Waals surface area (Å²) in [5, 5.41) is 18.6. The first-order chi connectivity index (χ1) is 10.8. The Hall–Kier alpha value is -2.78. The minimum absolute atomic E-state index is 0.545. The number of hydrogen-bond donors (Lipinski definition) is 0. The summed E-state index contributed by atoms with van der Waals surface area (Å²) in [5.41, 5.74) is 2.61. The molecule has 3 nitrogen and oxygen atoms in total. The van der Waals surface area contributed by atoms with Crippen LogP contribution < -0.4 is 4.74 Å². The fraction of sp³-hybridized carbons (Fsp3) is 0.263. The molecular weight excluding hydrogens is 272 g/mol. The van der Waals surface area contributed by atoms with Gasteiger partial charge in [-0.15, -0.1) is 0 Å². The van der Waals surface area contributed by atoms with Crippen molar-refractivity contribution < 1.29 is 4.74 Å². The maximum absolute atomic E-state index is 9.31. The summed E-state index contributed by atoms with van der Waals surface area (Å²) in [5.74, 6) is 0.734. The maximum atomic E-state index is 9.31. The number of ether oxygens (including phenoxy) is 1. The van der Waals surface area contributed by atoms with Crippen molar-refractivity contribution in [2.45, 2.75) is 26.2 Å². The van der Waals surface area contributed by atoms with Crippen molar-refractivity contribution in [1.82, 2.24) is 0 Å². The van der Waals surface area contributed by atoms with E-state index in [1.165, 1.54) is 0 Å². The lowest BCUT2D eigenvalue weighted by Gasteiger charge is -2.10. The zero-order valence-corrected chi connectivity index (χ0v) is 12.7. The third kappa shape index (κ3) is 3.65. The molecule has 0 spiro atoms. The first-order valence-corrected chi connectivity index (χ1v) is 7.46. The third-order valence-electron chi connectivity index (χ3n) is 3.47. The highest BCUT2D eigenvalue weighted by Crippen LogP contribution is 2.30. The van der Waals surface area contributed by atoms with E-state index >= 15 is 0 Å². The van der Waals surface area contributed by atoms with Crippen molar-refractivity contribution in [2.24, 2.45) is 0 Å².